The first-order valence-corrected chi connectivity index (χ1v) is 13.7. The van der Waals surface area contributed by atoms with Gasteiger partial charge in [0.05, 0.1) is 31.0 Å². The lowest BCUT2D eigenvalue weighted by Gasteiger charge is -2.36. The van der Waals surface area contributed by atoms with Crippen LogP contribution in [0, 0.1) is 0 Å². The van der Waals surface area contributed by atoms with Crippen molar-refractivity contribution in [2.45, 2.75) is 6.42 Å². The van der Waals surface area contributed by atoms with Gasteiger partial charge < -0.3 is 23.7 Å². The number of methoxy groups -OCH3 is 2. The van der Waals surface area contributed by atoms with Gasteiger partial charge in [0, 0.05) is 38.1 Å². The molecule has 0 spiro atoms. The number of carbonyl (C=O) groups excluding carboxylic acids is 3. The van der Waals surface area contributed by atoms with Crippen LogP contribution in [0.2, 0.25) is 0 Å². The third-order valence-corrected chi connectivity index (χ3v) is 7.83. The van der Waals surface area contributed by atoms with Crippen molar-refractivity contribution in [3.05, 3.63) is 99.4 Å². The molecule has 214 valence electrons. The predicted octanol–water partition coefficient (Wildman–Crippen LogP) is 3.61. The van der Waals surface area contributed by atoms with Crippen LogP contribution in [0.3, 0.4) is 0 Å². The van der Waals surface area contributed by atoms with E-state index in [0.29, 0.717) is 71.9 Å². The highest BCUT2D eigenvalue weighted by molar-refractivity contribution is 6.23. The van der Waals surface area contributed by atoms with E-state index in [4.69, 9.17) is 13.9 Å². The number of rotatable bonds is 7. The van der Waals surface area contributed by atoms with Crippen molar-refractivity contribution in [3.63, 3.8) is 0 Å². The van der Waals surface area contributed by atoms with Crippen LogP contribution in [0.1, 0.15) is 36.6 Å². The molecule has 1 fully saturated rings. The molecule has 3 aromatic carbocycles. The van der Waals surface area contributed by atoms with Crippen molar-refractivity contribution in [1.29, 1.82) is 0 Å². The second-order valence-corrected chi connectivity index (χ2v) is 10.2. The third kappa shape index (κ3) is 4.74. The van der Waals surface area contributed by atoms with Crippen molar-refractivity contribution >= 4 is 34.4 Å². The third-order valence-electron chi connectivity index (χ3n) is 7.83. The van der Waals surface area contributed by atoms with E-state index in [9.17, 15) is 19.2 Å². The number of amides is 3. The molecule has 4 aromatic rings. The maximum Gasteiger partial charge on any atom is 0.349 e. The lowest BCUT2D eigenvalue weighted by Crippen LogP contribution is -2.49. The molecule has 0 N–H and O–H groups in total. The maximum atomic E-state index is 13.5. The molecule has 3 amide bonds. The SMILES string of the molecule is COc1ccc(CCN2C(=O)c3cccc(N4CCN(C(=O)c5cc6ccccc6oc5=O)CC4)c3C2=O)cc1OC. The highest BCUT2D eigenvalue weighted by Crippen LogP contribution is 2.33. The minimum atomic E-state index is -0.667. The van der Waals surface area contributed by atoms with Crippen LogP contribution < -0.4 is 20.0 Å². The van der Waals surface area contributed by atoms with Crippen LogP contribution in [0.4, 0.5) is 5.69 Å². The van der Waals surface area contributed by atoms with Crippen LogP contribution in [-0.4, -0.2) is 74.5 Å². The number of anilines is 1. The predicted molar refractivity (Wildman–Crippen MR) is 156 cm³/mol. The first-order valence-electron chi connectivity index (χ1n) is 13.7. The summed E-state index contributed by atoms with van der Waals surface area (Å²) in [6.45, 7) is 1.79. The number of carbonyl (C=O) groups is 3. The van der Waals surface area contributed by atoms with Gasteiger partial charge in [0.25, 0.3) is 17.7 Å². The van der Waals surface area contributed by atoms with Gasteiger partial charge >= 0.3 is 5.63 Å². The van der Waals surface area contributed by atoms with Crippen molar-refractivity contribution in [3.8, 4) is 11.5 Å². The number of imide groups is 1. The molecule has 42 heavy (non-hydrogen) atoms. The fraction of sp³-hybridized carbons (Fsp3) is 0.250. The minimum Gasteiger partial charge on any atom is -0.493 e. The van der Waals surface area contributed by atoms with Crippen molar-refractivity contribution in [1.82, 2.24) is 9.80 Å². The summed E-state index contributed by atoms with van der Waals surface area (Å²) in [4.78, 5) is 57.5. The second-order valence-electron chi connectivity index (χ2n) is 10.2. The molecule has 0 saturated carbocycles. The summed E-state index contributed by atoms with van der Waals surface area (Å²) in [5.41, 5.74) is 2.08. The summed E-state index contributed by atoms with van der Waals surface area (Å²) in [6, 6.07) is 19.4. The Morgan fingerprint density at radius 3 is 2.36 bits per heavy atom. The van der Waals surface area contributed by atoms with E-state index >= 15 is 0 Å². The van der Waals surface area contributed by atoms with E-state index in [0.717, 1.165) is 5.56 Å². The van der Waals surface area contributed by atoms with Crippen LogP contribution >= 0.6 is 0 Å². The molecule has 10 heteroatoms. The maximum absolute atomic E-state index is 13.5. The summed E-state index contributed by atoms with van der Waals surface area (Å²) >= 11 is 0. The molecule has 3 heterocycles. The second kappa shape index (κ2) is 11.0. The average Bonchev–Trinajstić information content (AvgIpc) is 3.27. The van der Waals surface area contributed by atoms with Crippen molar-refractivity contribution < 1.29 is 28.3 Å². The van der Waals surface area contributed by atoms with Gasteiger partial charge in [-0.05, 0) is 48.4 Å². The lowest BCUT2D eigenvalue weighted by molar-refractivity contribution is 0.0654. The van der Waals surface area contributed by atoms with E-state index in [1.807, 2.05) is 29.2 Å². The molecule has 0 atom stereocenters. The van der Waals surface area contributed by atoms with Gasteiger partial charge in [-0.15, -0.1) is 0 Å². The van der Waals surface area contributed by atoms with E-state index in [-0.39, 0.29) is 29.8 Å². The summed E-state index contributed by atoms with van der Waals surface area (Å²) < 4.78 is 16.0. The Balaban J connectivity index is 1.15. The molecule has 0 aliphatic carbocycles. The molecule has 6 rings (SSSR count). The number of hydrogen-bond acceptors (Lipinski definition) is 8. The van der Waals surface area contributed by atoms with E-state index in [1.54, 1.807) is 61.6 Å². The lowest BCUT2D eigenvalue weighted by atomic mass is 10.1. The van der Waals surface area contributed by atoms with Gasteiger partial charge in [-0.3, -0.25) is 19.3 Å². The number of nitrogens with zero attached hydrogens (tertiary/aromatic N) is 3. The summed E-state index contributed by atoms with van der Waals surface area (Å²) in [6.07, 6.45) is 0.463. The number of para-hydroxylation sites is 1. The van der Waals surface area contributed by atoms with Crippen LogP contribution in [-0.2, 0) is 6.42 Å². The summed E-state index contributed by atoms with van der Waals surface area (Å²) in [7, 11) is 3.12. The Bertz CT molecular complexity index is 1770. The minimum absolute atomic E-state index is 0.00588. The standard InChI is InChI=1S/C32H29N3O7/c1-40-26-11-10-20(18-27(26)41-2)12-13-35-30(37)22-7-5-8-24(28(22)31(35)38)33-14-16-34(17-15-33)29(36)23-19-21-6-3-4-9-25(21)42-32(23)39/h3-11,18-19H,12-17H2,1-2H3. The van der Waals surface area contributed by atoms with Crippen molar-refractivity contribution in [2.75, 3.05) is 51.8 Å². The van der Waals surface area contributed by atoms with E-state index in [2.05, 4.69) is 0 Å². The molecule has 0 bridgehead atoms. The van der Waals surface area contributed by atoms with Crippen LogP contribution in [0.5, 0.6) is 11.5 Å². The van der Waals surface area contributed by atoms with Gasteiger partial charge in [0.15, 0.2) is 11.5 Å². The molecular weight excluding hydrogens is 538 g/mol. The quantitative estimate of drug-likeness (QED) is 0.246. The van der Waals surface area contributed by atoms with E-state index in [1.165, 1.54) is 4.90 Å². The Kier molecular flexibility index (Phi) is 7.12. The zero-order chi connectivity index (χ0) is 29.4. The average molecular weight is 568 g/mol. The van der Waals surface area contributed by atoms with Gasteiger partial charge in [0.1, 0.15) is 11.1 Å². The Hall–Kier alpha value is -5.12. The number of fused-ring (bicyclic) bond motifs is 2. The summed E-state index contributed by atoms with van der Waals surface area (Å²) in [5.74, 6) is 0.139. The molecule has 1 saturated heterocycles. The van der Waals surface area contributed by atoms with Crippen molar-refractivity contribution in [2.24, 2.45) is 0 Å². The Labute approximate surface area is 241 Å². The fourth-order valence-electron chi connectivity index (χ4n) is 5.59. The highest BCUT2D eigenvalue weighted by atomic mass is 16.5. The molecule has 10 nitrogen and oxygen atoms in total. The van der Waals surface area contributed by atoms with Gasteiger partial charge in [-0.2, -0.15) is 0 Å². The summed E-state index contributed by atoms with van der Waals surface area (Å²) in [5, 5.41) is 0.679. The van der Waals surface area contributed by atoms with E-state index < -0.39 is 5.63 Å². The molecule has 2 aliphatic heterocycles. The van der Waals surface area contributed by atoms with Gasteiger partial charge in [-0.25, -0.2) is 4.79 Å². The zero-order valence-corrected chi connectivity index (χ0v) is 23.3. The number of hydrogen-bond donors (Lipinski definition) is 0. The highest BCUT2D eigenvalue weighted by Gasteiger charge is 2.39. The Morgan fingerprint density at radius 2 is 1.60 bits per heavy atom. The van der Waals surface area contributed by atoms with Crippen LogP contribution in [0.15, 0.2) is 75.9 Å². The monoisotopic (exact) mass is 567 g/mol. The first kappa shape index (κ1) is 27.1. The molecular formula is C32H29N3O7. The molecule has 1 aromatic heterocycles. The Morgan fingerprint density at radius 1 is 0.833 bits per heavy atom. The number of piperazine rings is 1. The number of ether oxygens (including phenoxy) is 2. The largest absolute Gasteiger partial charge is 0.493 e. The normalized spacial score (nSPS) is 14.9. The molecule has 0 unspecified atom stereocenters. The number of benzene rings is 3. The molecule has 2 aliphatic rings. The smallest absolute Gasteiger partial charge is 0.349 e. The van der Waals surface area contributed by atoms with Gasteiger partial charge in [0.2, 0.25) is 0 Å². The first-order chi connectivity index (χ1) is 20.4. The topological polar surface area (TPSA) is 110 Å². The molecule has 0 radical (unpaired) electrons. The zero-order valence-electron chi connectivity index (χ0n) is 23.3. The van der Waals surface area contributed by atoms with Crippen LogP contribution in [0.25, 0.3) is 11.0 Å². The van der Waals surface area contributed by atoms with Gasteiger partial charge in [-0.1, -0.05) is 30.3 Å². The fourth-order valence-corrected chi connectivity index (χ4v) is 5.59.